The third-order valence-electron chi connectivity index (χ3n) is 6.08. The van der Waals surface area contributed by atoms with E-state index in [0.717, 1.165) is 19.4 Å². The lowest BCUT2D eigenvalue weighted by atomic mass is 9.94. The number of amides is 1. The summed E-state index contributed by atoms with van der Waals surface area (Å²) < 4.78 is 17.4. The minimum atomic E-state index is -0.500. The highest BCUT2D eigenvalue weighted by Crippen LogP contribution is 2.29. The number of aliphatic hydroxyl groups excluding tert-OH is 1. The fourth-order valence-corrected chi connectivity index (χ4v) is 4.58. The van der Waals surface area contributed by atoms with Crippen LogP contribution in [0, 0.1) is 0 Å². The lowest BCUT2D eigenvalue weighted by molar-refractivity contribution is -0.162. The molecule has 0 unspecified atom stereocenters. The van der Waals surface area contributed by atoms with E-state index < -0.39 is 6.10 Å². The minimum absolute atomic E-state index is 0.0712. The van der Waals surface area contributed by atoms with Crippen molar-refractivity contribution < 1.29 is 24.1 Å². The second kappa shape index (κ2) is 10.00. The van der Waals surface area contributed by atoms with E-state index in [-0.39, 0.29) is 24.2 Å². The van der Waals surface area contributed by atoms with E-state index in [2.05, 4.69) is 17.0 Å². The topological polar surface area (TPSA) is 71.5 Å². The first-order valence-electron chi connectivity index (χ1n) is 10.7. The van der Waals surface area contributed by atoms with Crippen LogP contribution in [0.2, 0.25) is 0 Å². The van der Waals surface area contributed by atoms with Crippen molar-refractivity contribution in [1.29, 1.82) is 0 Å². The number of aliphatic hydroxyl groups is 1. The number of rotatable bonds is 4. The van der Waals surface area contributed by atoms with Crippen molar-refractivity contribution >= 4 is 5.91 Å². The number of hydrogen-bond donors (Lipinski definition) is 1. The zero-order valence-electron chi connectivity index (χ0n) is 16.9. The van der Waals surface area contributed by atoms with E-state index in [1.807, 2.05) is 23.1 Å². The van der Waals surface area contributed by atoms with E-state index in [4.69, 9.17) is 14.2 Å². The Kier molecular flexibility index (Phi) is 7.15. The average molecular weight is 405 g/mol. The van der Waals surface area contributed by atoms with Crippen molar-refractivity contribution in [3.63, 3.8) is 0 Å². The number of fused-ring (bicyclic) bond motifs is 1. The number of hydrogen-bond acceptors (Lipinski definition) is 6. The van der Waals surface area contributed by atoms with Gasteiger partial charge in [-0.2, -0.15) is 0 Å². The van der Waals surface area contributed by atoms with Gasteiger partial charge in [-0.1, -0.05) is 30.3 Å². The molecule has 3 fully saturated rings. The Balaban J connectivity index is 1.39. The van der Waals surface area contributed by atoms with E-state index in [9.17, 15) is 9.90 Å². The van der Waals surface area contributed by atoms with Gasteiger partial charge in [0.1, 0.15) is 0 Å². The van der Waals surface area contributed by atoms with Gasteiger partial charge < -0.3 is 24.2 Å². The minimum Gasteiger partial charge on any atom is -0.389 e. The van der Waals surface area contributed by atoms with Gasteiger partial charge in [0.2, 0.25) is 5.91 Å². The molecule has 0 spiro atoms. The van der Waals surface area contributed by atoms with E-state index in [1.54, 1.807) is 0 Å². The van der Waals surface area contributed by atoms with Crippen molar-refractivity contribution in [1.82, 2.24) is 9.80 Å². The van der Waals surface area contributed by atoms with E-state index in [0.29, 0.717) is 52.5 Å². The molecule has 1 aromatic carbocycles. The van der Waals surface area contributed by atoms with Crippen molar-refractivity contribution in [3.05, 3.63) is 35.9 Å². The summed E-state index contributed by atoms with van der Waals surface area (Å²) in [4.78, 5) is 16.8. The number of carbonyl (C=O) groups excluding carboxylic acids is 1. The molecule has 0 saturated carbocycles. The van der Waals surface area contributed by atoms with Crippen LogP contribution in [0.5, 0.6) is 0 Å². The average Bonchev–Trinajstić information content (AvgIpc) is 2.74. The standard InChI is InChI=1S/C22H32N2O5/c25-18-14-24(13-17-4-2-1-3-5-17)20-7-6-19(29-21(20)16-28-15-18)12-22(26)23-8-10-27-11-9-23/h1-5,18-21,25H,6-16H2/t18-,19-,20-,21+/m0/s1. The molecule has 0 radical (unpaired) electrons. The highest BCUT2D eigenvalue weighted by atomic mass is 16.5. The Morgan fingerprint density at radius 3 is 2.66 bits per heavy atom. The Morgan fingerprint density at radius 1 is 1.07 bits per heavy atom. The molecule has 1 amide bonds. The molecule has 7 heteroatoms. The van der Waals surface area contributed by atoms with Gasteiger partial charge in [0.25, 0.3) is 0 Å². The van der Waals surface area contributed by atoms with Crippen molar-refractivity contribution in [2.75, 3.05) is 46.1 Å². The predicted octanol–water partition coefficient (Wildman–Crippen LogP) is 1.04. The third-order valence-corrected chi connectivity index (χ3v) is 6.08. The van der Waals surface area contributed by atoms with Crippen molar-refractivity contribution in [2.45, 2.75) is 50.2 Å². The van der Waals surface area contributed by atoms with Gasteiger partial charge in [-0.3, -0.25) is 9.69 Å². The van der Waals surface area contributed by atoms with Crippen LogP contribution >= 0.6 is 0 Å². The zero-order chi connectivity index (χ0) is 20.1. The first-order valence-corrected chi connectivity index (χ1v) is 10.7. The summed E-state index contributed by atoms with van der Waals surface area (Å²) in [6, 6.07) is 10.5. The number of benzene rings is 1. The fourth-order valence-electron chi connectivity index (χ4n) is 4.58. The molecule has 4 atom stereocenters. The van der Waals surface area contributed by atoms with Crippen LogP contribution in [-0.4, -0.2) is 91.2 Å². The maximum absolute atomic E-state index is 12.6. The molecule has 3 saturated heterocycles. The lowest BCUT2D eigenvalue weighted by Crippen LogP contribution is -2.55. The van der Waals surface area contributed by atoms with Crippen LogP contribution in [0.1, 0.15) is 24.8 Å². The molecule has 0 bridgehead atoms. The van der Waals surface area contributed by atoms with Gasteiger partial charge in [0.15, 0.2) is 0 Å². The van der Waals surface area contributed by atoms with Crippen LogP contribution in [0.3, 0.4) is 0 Å². The number of ether oxygens (including phenoxy) is 3. The van der Waals surface area contributed by atoms with Crippen LogP contribution in [0.25, 0.3) is 0 Å². The Labute approximate surface area is 172 Å². The molecular weight excluding hydrogens is 372 g/mol. The molecule has 4 rings (SSSR count). The second-order valence-electron chi connectivity index (χ2n) is 8.24. The third kappa shape index (κ3) is 5.55. The second-order valence-corrected chi connectivity index (χ2v) is 8.24. The predicted molar refractivity (Wildman–Crippen MR) is 107 cm³/mol. The summed E-state index contributed by atoms with van der Waals surface area (Å²) in [5, 5.41) is 10.3. The Bertz CT molecular complexity index is 652. The number of β-amino-alcohol motifs (C(OH)–C–C–N with tert-alkyl or cyclic N) is 1. The van der Waals surface area contributed by atoms with Crippen LogP contribution < -0.4 is 0 Å². The Morgan fingerprint density at radius 2 is 1.86 bits per heavy atom. The molecule has 1 aromatic rings. The summed E-state index contributed by atoms with van der Waals surface area (Å²) in [6.45, 7) is 4.69. The molecule has 0 aromatic heterocycles. The van der Waals surface area contributed by atoms with Crippen molar-refractivity contribution in [2.24, 2.45) is 0 Å². The first kappa shape index (κ1) is 20.8. The molecular formula is C22H32N2O5. The van der Waals surface area contributed by atoms with Gasteiger partial charge in [0.05, 0.1) is 51.2 Å². The van der Waals surface area contributed by atoms with Crippen LogP contribution in [0.15, 0.2) is 30.3 Å². The molecule has 3 aliphatic rings. The maximum Gasteiger partial charge on any atom is 0.225 e. The van der Waals surface area contributed by atoms with E-state index >= 15 is 0 Å². The van der Waals surface area contributed by atoms with Gasteiger partial charge in [-0.15, -0.1) is 0 Å². The van der Waals surface area contributed by atoms with Gasteiger partial charge in [0, 0.05) is 32.2 Å². The van der Waals surface area contributed by atoms with Gasteiger partial charge in [-0.05, 0) is 18.4 Å². The Hall–Kier alpha value is -1.51. The fraction of sp³-hybridized carbons (Fsp3) is 0.682. The zero-order valence-corrected chi connectivity index (χ0v) is 16.9. The summed E-state index contributed by atoms with van der Waals surface area (Å²) >= 11 is 0. The number of carbonyl (C=O) groups is 1. The summed E-state index contributed by atoms with van der Waals surface area (Å²) in [5.41, 5.74) is 1.23. The maximum atomic E-state index is 12.6. The summed E-state index contributed by atoms with van der Waals surface area (Å²) in [5.74, 6) is 0.153. The molecule has 29 heavy (non-hydrogen) atoms. The highest BCUT2D eigenvalue weighted by Gasteiger charge is 2.38. The highest BCUT2D eigenvalue weighted by molar-refractivity contribution is 5.76. The smallest absolute Gasteiger partial charge is 0.225 e. The molecule has 0 aliphatic carbocycles. The summed E-state index contributed by atoms with van der Waals surface area (Å²) in [7, 11) is 0. The first-order chi connectivity index (χ1) is 14.2. The normalized spacial score (nSPS) is 31.6. The molecule has 1 N–H and O–H groups in total. The SMILES string of the molecule is O=C(C[C@@H]1CC[C@H]2[C@@H](COC[C@@H](O)CN2Cc2ccccc2)O1)N1CCOCC1. The quantitative estimate of drug-likeness (QED) is 0.809. The molecule has 3 aliphatic heterocycles. The van der Waals surface area contributed by atoms with Crippen molar-refractivity contribution in [3.8, 4) is 0 Å². The van der Waals surface area contributed by atoms with Crippen LogP contribution in [-0.2, 0) is 25.5 Å². The monoisotopic (exact) mass is 404 g/mol. The number of morpholine rings is 1. The molecule has 160 valence electrons. The van der Waals surface area contributed by atoms with E-state index in [1.165, 1.54) is 5.56 Å². The van der Waals surface area contributed by atoms with Gasteiger partial charge in [-0.25, -0.2) is 0 Å². The number of nitrogens with zero attached hydrogens (tertiary/aromatic N) is 2. The molecule has 3 heterocycles. The largest absolute Gasteiger partial charge is 0.389 e. The van der Waals surface area contributed by atoms with Gasteiger partial charge >= 0.3 is 0 Å². The molecule has 7 nitrogen and oxygen atoms in total. The van der Waals surface area contributed by atoms with Crippen LogP contribution in [0.4, 0.5) is 0 Å². The summed E-state index contributed by atoms with van der Waals surface area (Å²) in [6.07, 6.45) is 1.55. The lowest BCUT2D eigenvalue weighted by Gasteiger charge is -2.44.